The summed E-state index contributed by atoms with van der Waals surface area (Å²) in [6.45, 7) is 6.26. The Morgan fingerprint density at radius 2 is 2.08 bits per heavy atom. The summed E-state index contributed by atoms with van der Waals surface area (Å²) in [7, 11) is 0. The number of furan rings is 1. The van der Waals surface area contributed by atoms with Gasteiger partial charge in [-0.25, -0.2) is 0 Å². The highest BCUT2D eigenvalue weighted by molar-refractivity contribution is 5.84. The maximum absolute atomic E-state index is 12.8. The molecule has 2 rings (SSSR count). The zero-order valence-corrected chi connectivity index (χ0v) is 14.7. The predicted octanol–water partition coefficient (Wildman–Crippen LogP) is 2.44. The fourth-order valence-electron chi connectivity index (χ4n) is 2.93. The van der Waals surface area contributed by atoms with E-state index >= 15 is 0 Å². The first kappa shape index (κ1) is 18.5. The molecule has 0 bridgehead atoms. The Hall–Kier alpha value is -1.82. The van der Waals surface area contributed by atoms with Crippen molar-refractivity contribution in [3.63, 3.8) is 0 Å². The van der Waals surface area contributed by atoms with E-state index < -0.39 is 0 Å². The van der Waals surface area contributed by atoms with Gasteiger partial charge in [-0.3, -0.25) is 9.59 Å². The van der Waals surface area contributed by atoms with E-state index in [1.807, 2.05) is 26.0 Å². The van der Waals surface area contributed by atoms with Crippen LogP contribution in [0.5, 0.6) is 0 Å². The molecular formula is C18H28N2O4. The fraction of sp³-hybridized carbons (Fsp3) is 0.667. The van der Waals surface area contributed by atoms with E-state index in [0.29, 0.717) is 26.1 Å². The van der Waals surface area contributed by atoms with Gasteiger partial charge in [0.25, 0.3) is 0 Å². The number of rotatable bonds is 9. The van der Waals surface area contributed by atoms with Crippen molar-refractivity contribution in [3.05, 3.63) is 24.2 Å². The maximum atomic E-state index is 12.8. The largest absolute Gasteiger partial charge is 0.467 e. The lowest BCUT2D eigenvalue weighted by atomic mass is 10.2. The average Bonchev–Trinajstić information content (AvgIpc) is 3.26. The van der Waals surface area contributed by atoms with Crippen LogP contribution >= 0.6 is 0 Å². The van der Waals surface area contributed by atoms with E-state index in [-0.39, 0.29) is 24.5 Å². The van der Waals surface area contributed by atoms with Gasteiger partial charge in [0.05, 0.1) is 25.5 Å². The Morgan fingerprint density at radius 1 is 1.25 bits per heavy atom. The van der Waals surface area contributed by atoms with Gasteiger partial charge in [-0.15, -0.1) is 0 Å². The lowest BCUT2D eigenvalue weighted by Gasteiger charge is -2.28. The molecule has 1 unspecified atom stereocenters. The van der Waals surface area contributed by atoms with Gasteiger partial charge in [-0.05, 0) is 31.4 Å². The van der Waals surface area contributed by atoms with Crippen LogP contribution < -0.4 is 0 Å². The molecule has 1 aromatic heterocycles. The van der Waals surface area contributed by atoms with Crippen molar-refractivity contribution >= 4 is 11.8 Å². The molecule has 1 aliphatic heterocycles. The van der Waals surface area contributed by atoms with Gasteiger partial charge >= 0.3 is 0 Å². The van der Waals surface area contributed by atoms with Crippen molar-refractivity contribution in [2.24, 2.45) is 0 Å². The molecule has 1 aliphatic rings. The quantitative estimate of drug-likeness (QED) is 0.695. The van der Waals surface area contributed by atoms with Crippen LogP contribution in [0.3, 0.4) is 0 Å². The maximum Gasteiger partial charge on any atom is 0.242 e. The normalized spacial score (nSPS) is 17.0. The molecule has 1 aromatic rings. The molecule has 1 atom stereocenters. The van der Waals surface area contributed by atoms with Crippen LogP contribution in [0.15, 0.2) is 22.8 Å². The summed E-state index contributed by atoms with van der Waals surface area (Å²) in [4.78, 5) is 28.2. The molecule has 1 fully saturated rings. The third kappa shape index (κ3) is 5.37. The van der Waals surface area contributed by atoms with Crippen LogP contribution in [0.1, 0.15) is 45.3 Å². The molecule has 0 N–H and O–H groups in total. The van der Waals surface area contributed by atoms with Crippen molar-refractivity contribution in [3.8, 4) is 0 Å². The summed E-state index contributed by atoms with van der Waals surface area (Å²) in [5.41, 5.74) is 0. The Balaban J connectivity index is 2.02. The van der Waals surface area contributed by atoms with Crippen LogP contribution in [0.2, 0.25) is 0 Å². The molecule has 2 heterocycles. The minimum absolute atomic E-state index is 0.0141. The number of ether oxygens (including phenoxy) is 1. The van der Waals surface area contributed by atoms with Gasteiger partial charge in [-0.2, -0.15) is 0 Å². The lowest BCUT2D eigenvalue weighted by Crippen LogP contribution is -2.45. The molecule has 134 valence electrons. The summed E-state index contributed by atoms with van der Waals surface area (Å²) in [6, 6.07) is 3.67. The van der Waals surface area contributed by atoms with Crippen LogP contribution in [0, 0.1) is 0 Å². The number of nitrogens with zero attached hydrogens (tertiary/aromatic N) is 2. The van der Waals surface area contributed by atoms with Gasteiger partial charge in [0, 0.05) is 26.1 Å². The van der Waals surface area contributed by atoms with Gasteiger partial charge in [0.1, 0.15) is 5.76 Å². The van der Waals surface area contributed by atoms with Crippen molar-refractivity contribution < 1.29 is 18.7 Å². The molecule has 24 heavy (non-hydrogen) atoms. The molecule has 0 aliphatic carbocycles. The van der Waals surface area contributed by atoms with Crippen molar-refractivity contribution in [1.29, 1.82) is 0 Å². The van der Waals surface area contributed by atoms with E-state index in [1.165, 1.54) is 0 Å². The number of hydrogen-bond acceptors (Lipinski definition) is 4. The topological polar surface area (TPSA) is 63.0 Å². The van der Waals surface area contributed by atoms with Crippen LogP contribution in [0.4, 0.5) is 0 Å². The highest BCUT2D eigenvalue weighted by Crippen LogP contribution is 2.16. The van der Waals surface area contributed by atoms with E-state index in [0.717, 1.165) is 31.6 Å². The summed E-state index contributed by atoms with van der Waals surface area (Å²) in [6.07, 6.45) is 4.93. The average molecular weight is 336 g/mol. The monoisotopic (exact) mass is 336 g/mol. The van der Waals surface area contributed by atoms with E-state index in [1.54, 1.807) is 16.1 Å². The fourth-order valence-corrected chi connectivity index (χ4v) is 2.93. The smallest absolute Gasteiger partial charge is 0.242 e. The second-order valence-corrected chi connectivity index (χ2v) is 6.16. The van der Waals surface area contributed by atoms with Crippen LogP contribution in [0.25, 0.3) is 0 Å². The van der Waals surface area contributed by atoms with E-state index in [2.05, 4.69) is 0 Å². The molecule has 6 nitrogen and oxygen atoms in total. The number of amides is 2. The van der Waals surface area contributed by atoms with Gasteiger partial charge in [0.15, 0.2) is 0 Å². The Morgan fingerprint density at radius 3 is 2.67 bits per heavy atom. The second-order valence-electron chi connectivity index (χ2n) is 6.16. The van der Waals surface area contributed by atoms with Gasteiger partial charge in [-0.1, -0.05) is 13.8 Å². The third-order valence-electron chi connectivity index (χ3n) is 4.20. The first-order valence-electron chi connectivity index (χ1n) is 8.83. The van der Waals surface area contributed by atoms with E-state index in [4.69, 9.17) is 9.15 Å². The van der Waals surface area contributed by atoms with Crippen molar-refractivity contribution in [1.82, 2.24) is 9.80 Å². The summed E-state index contributed by atoms with van der Waals surface area (Å²) in [5, 5.41) is 0. The van der Waals surface area contributed by atoms with Crippen molar-refractivity contribution in [2.45, 2.75) is 52.2 Å². The Bertz CT molecular complexity index is 509. The highest BCUT2D eigenvalue weighted by atomic mass is 16.5. The summed E-state index contributed by atoms with van der Waals surface area (Å²) in [5.74, 6) is 0.697. The molecule has 0 aromatic carbocycles. The van der Waals surface area contributed by atoms with Crippen LogP contribution in [-0.4, -0.2) is 54.0 Å². The second kappa shape index (κ2) is 9.47. The molecule has 0 spiro atoms. The molecule has 6 heteroatoms. The first-order valence-corrected chi connectivity index (χ1v) is 8.83. The SMILES string of the molecule is CCCN(CC(=O)N(Cc1ccco1)CC1CCCO1)C(=O)CC. The molecule has 0 radical (unpaired) electrons. The highest BCUT2D eigenvalue weighted by Gasteiger charge is 2.25. The van der Waals surface area contributed by atoms with Crippen molar-refractivity contribution in [2.75, 3.05) is 26.2 Å². The first-order chi connectivity index (χ1) is 11.6. The Kier molecular flexibility index (Phi) is 7.31. The molecular weight excluding hydrogens is 308 g/mol. The van der Waals surface area contributed by atoms with Gasteiger partial charge in [0.2, 0.25) is 11.8 Å². The lowest BCUT2D eigenvalue weighted by molar-refractivity contribution is -0.141. The van der Waals surface area contributed by atoms with E-state index in [9.17, 15) is 9.59 Å². The minimum Gasteiger partial charge on any atom is -0.467 e. The zero-order chi connectivity index (χ0) is 17.4. The Labute approximate surface area is 143 Å². The number of carbonyl (C=O) groups is 2. The third-order valence-corrected chi connectivity index (χ3v) is 4.20. The number of hydrogen-bond donors (Lipinski definition) is 0. The predicted molar refractivity (Wildman–Crippen MR) is 90.3 cm³/mol. The molecule has 1 saturated heterocycles. The molecule has 2 amide bonds. The standard InChI is InChI=1S/C18H28N2O4/c1-3-9-19(17(21)4-2)14-18(22)20(12-15-7-5-10-23-15)13-16-8-6-11-24-16/h5,7,10,16H,3-4,6,8-9,11-14H2,1-2H3. The summed E-state index contributed by atoms with van der Waals surface area (Å²) >= 11 is 0. The van der Waals surface area contributed by atoms with Gasteiger partial charge < -0.3 is 19.0 Å². The van der Waals surface area contributed by atoms with Crippen LogP contribution in [-0.2, 0) is 20.9 Å². The number of carbonyl (C=O) groups excluding carboxylic acids is 2. The molecule has 0 saturated carbocycles. The minimum atomic E-state index is -0.0582. The summed E-state index contributed by atoms with van der Waals surface area (Å²) < 4.78 is 11.1. The zero-order valence-electron chi connectivity index (χ0n) is 14.7.